The van der Waals surface area contributed by atoms with Gasteiger partial charge in [-0.25, -0.2) is 4.79 Å². The molecule has 0 bridgehead atoms. The van der Waals surface area contributed by atoms with Crippen molar-refractivity contribution in [3.05, 3.63) is 0 Å². The zero-order chi connectivity index (χ0) is 18.0. The van der Waals surface area contributed by atoms with Crippen LogP contribution in [0.3, 0.4) is 0 Å². The van der Waals surface area contributed by atoms with E-state index in [2.05, 4.69) is 6.92 Å². The Kier molecular flexibility index (Phi) is 16.0. The molecule has 0 fully saturated rings. The molecule has 0 N–H and O–H groups in total. The Hall–Kier alpha value is -1.10. The highest BCUT2D eigenvalue weighted by atomic mass is 16.6. The van der Waals surface area contributed by atoms with Gasteiger partial charge in [0.1, 0.15) is 6.61 Å². The first-order valence-electron chi connectivity index (χ1n) is 9.55. The highest BCUT2D eigenvalue weighted by Gasteiger charge is 2.18. The number of hydrogen-bond donors (Lipinski definition) is 0. The van der Waals surface area contributed by atoms with Crippen LogP contribution in [0, 0.1) is 0 Å². The lowest BCUT2D eigenvalue weighted by atomic mass is 10.1. The Morgan fingerprint density at radius 2 is 1.42 bits per heavy atom. The third-order valence-corrected chi connectivity index (χ3v) is 3.80. The van der Waals surface area contributed by atoms with Crippen LogP contribution in [0.15, 0.2) is 0 Å². The first-order valence-corrected chi connectivity index (χ1v) is 9.55. The normalized spacial score (nSPS) is 12.0. The quantitative estimate of drug-likeness (QED) is 0.306. The Morgan fingerprint density at radius 1 is 0.833 bits per heavy atom. The molecule has 0 saturated heterocycles. The molecule has 0 aliphatic carbocycles. The average Bonchev–Trinajstić information content (AvgIpc) is 2.57. The Morgan fingerprint density at radius 3 is 2.00 bits per heavy atom. The van der Waals surface area contributed by atoms with Crippen molar-refractivity contribution in [2.75, 3.05) is 19.8 Å². The van der Waals surface area contributed by atoms with Crippen LogP contribution in [-0.2, 0) is 23.8 Å². The topological polar surface area (TPSA) is 61.8 Å². The molecule has 5 heteroatoms. The molecule has 0 aromatic heterocycles. The Balaban J connectivity index is 3.51. The maximum atomic E-state index is 11.7. The molecule has 24 heavy (non-hydrogen) atoms. The third kappa shape index (κ3) is 14.5. The summed E-state index contributed by atoms with van der Waals surface area (Å²) in [5.41, 5.74) is 0. The lowest BCUT2D eigenvalue weighted by Gasteiger charge is -2.12. The molecule has 0 aromatic carbocycles. The third-order valence-electron chi connectivity index (χ3n) is 3.80. The van der Waals surface area contributed by atoms with E-state index in [4.69, 9.17) is 14.2 Å². The van der Waals surface area contributed by atoms with Crippen LogP contribution in [0.1, 0.15) is 85.0 Å². The molecular weight excluding hydrogens is 308 g/mol. The van der Waals surface area contributed by atoms with Crippen LogP contribution in [-0.4, -0.2) is 37.9 Å². The molecule has 1 unspecified atom stereocenters. The van der Waals surface area contributed by atoms with Crippen molar-refractivity contribution in [2.45, 2.75) is 91.1 Å². The van der Waals surface area contributed by atoms with E-state index in [-0.39, 0.29) is 12.6 Å². The Labute approximate surface area is 147 Å². The molecule has 0 aliphatic heterocycles. The molecule has 0 aromatic rings. The SMILES string of the molecule is CCCCCCCCCCCC(=O)OC(C)C(=O)OCCOCC. The van der Waals surface area contributed by atoms with Crippen LogP contribution in [0.25, 0.3) is 0 Å². The van der Waals surface area contributed by atoms with Crippen LogP contribution >= 0.6 is 0 Å². The molecule has 1 atom stereocenters. The highest BCUT2D eigenvalue weighted by Crippen LogP contribution is 2.11. The summed E-state index contributed by atoms with van der Waals surface area (Å²) in [4.78, 5) is 23.3. The van der Waals surface area contributed by atoms with Crippen molar-refractivity contribution in [2.24, 2.45) is 0 Å². The molecule has 0 rings (SSSR count). The minimum Gasteiger partial charge on any atom is -0.461 e. The van der Waals surface area contributed by atoms with Crippen molar-refractivity contribution < 1.29 is 23.8 Å². The predicted molar refractivity (Wildman–Crippen MR) is 94.9 cm³/mol. The van der Waals surface area contributed by atoms with Gasteiger partial charge in [0.2, 0.25) is 0 Å². The van der Waals surface area contributed by atoms with Crippen molar-refractivity contribution in [1.29, 1.82) is 0 Å². The standard InChI is InChI=1S/C19H36O5/c1-4-6-7-8-9-10-11-12-13-14-18(20)24-17(3)19(21)23-16-15-22-5-2/h17H,4-16H2,1-3H3. The van der Waals surface area contributed by atoms with E-state index >= 15 is 0 Å². The van der Waals surface area contributed by atoms with E-state index in [1.807, 2.05) is 6.92 Å². The van der Waals surface area contributed by atoms with Gasteiger partial charge in [-0.2, -0.15) is 0 Å². The van der Waals surface area contributed by atoms with Gasteiger partial charge in [-0.15, -0.1) is 0 Å². The molecule has 0 heterocycles. The number of unbranched alkanes of at least 4 members (excludes halogenated alkanes) is 8. The van der Waals surface area contributed by atoms with Gasteiger partial charge in [-0.05, 0) is 20.3 Å². The van der Waals surface area contributed by atoms with Gasteiger partial charge < -0.3 is 14.2 Å². The second-order valence-corrected chi connectivity index (χ2v) is 6.07. The predicted octanol–water partition coefficient (Wildman–Crippen LogP) is 4.42. The summed E-state index contributed by atoms with van der Waals surface area (Å²) in [5, 5.41) is 0. The lowest BCUT2D eigenvalue weighted by molar-refractivity contribution is -0.167. The van der Waals surface area contributed by atoms with Crippen molar-refractivity contribution in [1.82, 2.24) is 0 Å². The zero-order valence-corrected chi connectivity index (χ0v) is 15.8. The van der Waals surface area contributed by atoms with Crippen LogP contribution in [0.2, 0.25) is 0 Å². The van der Waals surface area contributed by atoms with Gasteiger partial charge in [-0.1, -0.05) is 58.3 Å². The molecule has 0 aliphatic rings. The first kappa shape index (κ1) is 22.9. The van der Waals surface area contributed by atoms with Gasteiger partial charge >= 0.3 is 11.9 Å². The van der Waals surface area contributed by atoms with E-state index in [0.717, 1.165) is 19.3 Å². The largest absolute Gasteiger partial charge is 0.461 e. The number of rotatable bonds is 16. The van der Waals surface area contributed by atoms with E-state index in [1.165, 1.54) is 45.4 Å². The minimum atomic E-state index is -0.849. The summed E-state index contributed by atoms with van der Waals surface area (Å²) in [6, 6.07) is 0. The number of esters is 2. The fraction of sp³-hybridized carbons (Fsp3) is 0.895. The van der Waals surface area contributed by atoms with E-state index in [1.54, 1.807) is 0 Å². The molecule has 0 radical (unpaired) electrons. The maximum Gasteiger partial charge on any atom is 0.347 e. The van der Waals surface area contributed by atoms with Gasteiger partial charge in [0.15, 0.2) is 6.10 Å². The van der Waals surface area contributed by atoms with Gasteiger partial charge in [-0.3, -0.25) is 4.79 Å². The average molecular weight is 344 g/mol. The molecule has 5 nitrogen and oxygen atoms in total. The highest BCUT2D eigenvalue weighted by molar-refractivity contribution is 5.78. The van der Waals surface area contributed by atoms with Crippen LogP contribution in [0.4, 0.5) is 0 Å². The van der Waals surface area contributed by atoms with Crippen LogP contribution < -0.4 is 0 Å². The second kappa shape index (κ2) is 16.7. The summed E-state index contributed by atoms with van der Waals surface area (Å²) in [7, 11) is 0. The minimum absolute atomic E-state index is 0.187. The number of hydrogen-bond acceptors (Lipinski definition) is 5. The van der Waals surface area contributed by atoms with E-state index in [9.17, 15) is 9.59 Å². The number of carbonyl (C=O) groups is 2. The zero-order valence-electron chi connectivity index (χ0n) is 15.8. The first-order chi connectivity index (χ1) is 11.6. The molecule has 142 valence electrons. The fourth-order valence-electron chi connectivity index (χ4n) is 2.35. The molecule has 0 amide bonds. The van der Waals surface area contributed by atoms with Crippen molar-refractivity contribution >= 4 is 11.9 Å². The summed E-state index contributed by atoms with van der Waals surface area (Å²) in [6.07, 6.45) is 10.3. The summed E-state index contributed by atoms with van der Waals surface area (Å²) < 4.78 is 15.1. The molecular formula is C19H36O5. The maximum absolute atomic E-state index is 11.7. The van der Waals surface area contributed by atoms with E-state index < -0.39 is 12.1 Å². The van der Waals surface area contributed by atoms with E-state index in [0.29, 0.717) is 19.6 Å². The Bertz CT molecular complexity index is 317. The smallest absolute Gasteiger partial charge is 0.347 e. The molecule has 0 spiro atoms. The summed E-state index contributed by atoms with van der Waals surface area (Å²) >= 11 is 0. The number of carbonyl (C=O) groups excluding carboxylic acids is 2. The van der Waals surface area contributed by atoms with Crippen molar-refractivity contribution in [3.63, 3.8) is 0 Å². The summed E-state index contributed by atoms with van der Waals surface area (Å²) in [6.45, 7) is 6.77. The molecule has 0 saturated carbocycles. The van der Waals surface area contributed by atoms with Crippen LogP contribution in [0.5, 0.6) is 0 Å². The monoisotopic (exact) mass is 344 g/mol. The second-order valence-electron chi connectivity index (χ2n) is 6.07. The van der Waals surface area contributed by atoms with Gasteiger partial charge in [0.25, 0.3) is 0 Å². The lowest BCUT2D eigenvalue weighted by Crippen LogP contribution is -2.27. The summed E-state index contributed by atoms with van der Waals surface area (Å²) in [5.74, 6) is -0.845. The van der Waals surface area contributed by atoms with Gasteiger partial charge in [0, 0.05) is 13.0 Å². The fourth-order valence-corrected chi connectivity index (χ4v) is 2.35. The number of ether oxygens (including phenoxy) is 3. The van der Waals surface area contributed by atoms with Crippen molar-refractivity contribution in [3.8, 4) is 0 Å². The van der Waals surface area contributed by atoms with Gasteiger partial charge in [0.05, 0.1) is 6.61 Å².